The molecule has 2 aromatic rings. The van der Waals surface area contributed by atoms with E-state index in [-0.39, 0.29) is 5.82 Å². The van der Waals surface area contributed by atoms with E-state index in [1.165, 1.54) is 18.2 Å². The molecule has 4 heteroatoms. The first-order valence-electron chi connectivity index (χ1n) is 5.74. The Kier molecular flexibility index (Phi) is 3.67. The zero-order valence-corrected chi connectivity index (χ0v) is 10.1. The van der Waals surface area contributed by atoms with Gasteiger partial charge in [-0.3, -0.25) is 0 Å². The zero-order valence-electron chi connectivity index (χ0n) is 10.1. The minimum atomic E-state index is -0.326. The fraction of sp³-hybridized carbons (Fsp3) is 0.143. The first-order chi connectivity index (χ1) is 8.69. The monoisotopic (exact) mass is 246 g/mol. The lowest BCUT2D eigenvalue weighted by molar-refractivity contribution is 0.340. The van der Waals surface area contributed by atoms with Crippen molar-refractivity contribution in [3.8, 4) is 5.75 Å². The van der Waals surface area contributed by atoms with Gasteiger partial charge in [-0.05, 0) is 37.3 Å². The molecule has 0 aliphatic carbocycles. The average molecular weight is 246 g/mol. The second-order valence-corrected chi connectivity index (χ2v) is 3.82. The van der Waals surface area contributed by atoms with Crippen LogP contribution in [-0.4, -0.2) is 6.61 Å². The van der Waals surface area contributed by atoms with Crippen molar-refractivity contribution < 1.29 is 9.13 Å². The maximum Gasteiger partial charge on any atom is 0.125 e. The zero-order chi connectivity index (χ0) is 13.0. The summed E-state index contributed by atoms with van der Waals surface area (Å²) in [6, 6.07) is 11.7. The highest BCUT2D eigenvalue weighted by Gasteiger charge is 2.02. The predicted octanol–water partition coefficient (Wildman–Crippen LogP) is 3.55. The van der Waals surface area contributed by atoms with E-state index in [0.717, 1.165) is 11.4 Å². The third-order valence-electron chi connectivity index (χ3n) is 2.44. The Morgan fingerprint density at radius 2 is 2.06 bits per heavy atom. The molecular weight excluding hydrogens is 231 g/mol. The first kappa shape index (κ1) is 12.2. The molecule has 0 aliphatic heterocycles. The SMILES string of the molecule is CCOc1cccc(Nc2cc(F)ccc2N)c1. The molecule has 0 saturated carbocycles. The minimum absolute atomic E-state index is 0.326. The Bertz CT molecular complexity index is 543. The number of nitrogens with one attached hydrogen (secondary N) is 1. The van der Waals surface area contributed by atoms with Gasteiger partial charge in [-0.2, -0.15) is 0 Å². The number of hydrogen-bond donors (Lipinski definition) is 2. The molecule has 0 amide bonds. The number of nitrogens with two attached hydrogens (primary N) is 1. The molecule has 0 heterocycles. The van der Waals surface area contributed by atoms with E-state index in [2.05, 4.69) is 5.32 Å². The highest BCUT2D eigenvalue weighted by atomic mass is 19.1. The summed E-state index contributed by atoms with van der Waals surface area (Å²) in [5, 5.41) is 3.07. The van der Waals surface area contributed by atoms with E-state index in [1.807, 2.05) is 31.2 Å². The molecule has 0 aromatic heterocycles. The topological polar surface area (TPSA) is 47.3 Å². The Balaban J connectivity index is 2.22. The minimum Gasteiger partial charge on any atom is -0.494 e. The summed E-state index contributed by atoms with van der Waals surface area (Å²) in [5.41, 5.74) is 7.62. The van der Waals surface area contributed by atoms with Crippen molar-refractivity contribution in [2.24, 2.45) is 0 Å². The molecule has 2 rings (SSSR count). The van der Waals surface area contributed by atoms with Crippen LogP contribution in [0.5, 0.6) is 5.75 Å². The number of hydrogen-bond acceptors (Lipinski definition) is 3. The Morgan fingerprint density at radius 1 is 1.22 bits per heavy atom. The van der Waals surface area contributed by atoms with E-state index >= 15 is 0 Å². The molecule has 18 heavy (non-hydrogen) atoms. The highest BCUT2D eigenvalue weighted by Crippen LogP contribution is 2.26. The van der Waals surface area contributed by atoms with Crippen molar-refractivity contribution in [2.75, 3.05) is 17.7 Å². The van der Waals surface area contributed by atoms with E-state index in [1.54, 1.807) is 0 Å². The van der Waals surface area contributed by atoms with Crippen LogP contribution in [0.2, 0.25) is 0 Å². The van der Waals surface area contributed by atoms with Gasteiger partial charge in [0.1, 0.15) is 11.6 Å². The predicted molar refractivity (Wildman–Crippen MR) is 71.7 cm³/mol. The quantitative estimate of drug-likeness (QED) is 0.811. The number of ether oxygens (including phenoxy) is 1. The lowest BCUT2D eigenvalue weighted by Crippen LogP contribution is -1.98. The van der Waals surface area contributed by atoms with Crippen molar-refractivity contribution in [1.82, 2.24) is 0 Å². The van der Waals surface area contributed by atoms with Gasteiger partial charge in [0.2, 0.25) is 0 Å². The van der Waals surface area contributed by atoms with Gasteiger partial charge < -0.3 is 15.8 Å². The number of anilines is 3. The second-order valence-electron chi connectivity index (χ2n) is 3.82. The molecule has 0 atom stereocenters. The number of rotatable bonds is 4. The van der Waals surface area contributed by atoms with Gasteiger partial charge >= 0.3 is 0 Å². The Labute approximate surface area is 105 Å². The van der Waals surface area contributed by atoms with Crippen LogP contribution in [0.1, 0.15) is 6.92 Å². The van der Waals surface area contributed by atoms with E-state index < -0.39 is 0 Å². The summed E-state index contributed by atoms with van der Waals surface area (Å²) in [6.07, 6.45) is 0. The number of nitrogen functional groups attached to an aromatic ring is 1. The molecule has 0 bridgehead atoms. The summed E-state index contributed by atoms with van der Waals surface area (Å²) < 4.78 is 18.5. The molecule has 0 fully saturated rings. The van der Waals surface area contributed by atoms with Gasteiger partial charge in [-0.15, -0.1) is 0 Å². The van der Waals surface area contributed by atoms with Crippen LogP contribution < -0.4 is 15.8 Å². The maximum absolute atomic E-state index is 13.1. The standard InChI is InChI=1S/C14H15FN2O/c1-2-18-12-5-3-4-11(9-12)17-14-8-10(15)6-7-13(14)16/h3-9,17H,2,16H2,1H3. The van der Waals surface area contributed by atoms with Crippen LogP contribution in [0.15, 0.2) is 42.5 Å². The smallest absolute Gasteiger partial charge is 0.125 e. The number of halogens is 1. The van der Waals surface area contributed by atoms with Crippen LogP contribution in [0, 0.1) is 5.82 Å². The third kappa shape index (κ3) is 2.91. The van der Waals surface area contributed by atoms with Crippen molar-refractivity contribution in [3.63, 3.8) is 0 Å². The fourth-order valence-corrected chi connectivity index (χ4v) is 1.62. The van der Waals surface area contributed by atoms with Gasteiger partial charge in [-0.1, -0.05) is 6.07 Å². The van der Waals surface area contributed by atoms with Gasteiger partial charge in [-0.25, -0.2) is 4.39 Å². The van der Waals surface area contributed by atoms with Gasteiger partial charge in [0.25, 0.3) is 0 Å². The third-order valence-corrected chi connectivity index (χ3v) is 2.44. The summed E-state index contributed by atoms with van der Waals surface area (Å²) in [6.45, 7) is 2.52. The van der Waals surface area contributed by atoms with Gasteiger partial charge in [0.05, 0.1) is 18.0 Å². The maximum atomic E-state index is 13.1. The van der Waals surface area contributed by atoms with Crippen LogP contribution in [0.3, 0.4) is 0 Å². The van der Waals surface area contributed by atoms with Crippen molar-refractivity contribution >= 4 is 17.1 Å². The summed E-state index contributed by atoms with van der Waals surface area (Å²) in [5.74, 6) is 0.435. The van der Waals surface area contributed by atoms with Crippen LogP contribution in [0.4, 0.5) is 21.5 Å². The molecule has 0 spiro atoms. The van der Waals surface area contributed by atoms with Crippen LogP contribution >= 0.6 is 0 Å². The Hall–Kier alpha value is -2.23. The molecule has 3 N–H and O–H groups in total. The lowest BCUT2D eigenvalue weighted by Gasteiger charge is -2.11. The van der Waals surface area contributed by atoms with Gasteiger partial charge in [0, 0.05) is 11.8 Å². The first-order valence-corrected chi connectivity index (χ1v) is 5.74. The normalized spacial score (nSPS) is 10.1. The summed E-state index contributed by atoms with van der Waals surface area (Å²) in [7, 11) is 0. The van der Waals surface area contributed by atoms with Crippen molar-refractivity contribution in [1.29, 1.82) is 0 Å². The molecular formula is C14H15FN2O. The fourth-order valence-electron chi connectivity index (χ4n) is 1.62. The van der Waals surface area contributed by atoms with E-state index in [9.17, 15) is 4.39 Å². The van der Waals surface area contributed by atoms with Crippen LogP contribution in [-0.2, 0) is 0 Å². The Morgan fingerprint density at radius 3 is 2.83 bits per heavy atom. The summed E-state index contributed by atoms with van der Waals surface area (Å²) in [4.78, 5) is 0. The molecule has 2 aromatic carbocycles. The molecule has 0 saturated heterocycles. The molecule has 0 unspecified atom stereocenters. The molecule has 0 aliphatic rings. The largest absolute Gasteiger partial charge is 0.494 e. The number of benzene rings is 2. The van der Waals surface area contributed by atoms with Crippen molar-refractivity contribution in [2.45, 2.75) is 6.92 Å². The van der Waals surface area contributed by atoms with E-state index in [4.69, 9.17) is 10.5 Å². The van der Waals surface area contributed by atoms with Crippen molar-refractivity contribution in [3.05, 3.63) is 48.3 Å². The lowest BCUT2D eigenvalue weighted by atomic mass is 10.2. The summed E-state index contributed by atoms with van der Waals surface area (Å²) >= 11 is 0. The average Bonchev–Trinajstić information content (AvgIpc) is 2.35. The van der Waals surface area contributed by atoms with Gasteiger partial charge in [0.15, 0.2) is 0 Å². The molecule has 94 valence electrons. The van der Waals surface area contributed by atoms with Crippen LogP contribution in [0.25, 0.3) is 0 Å². The molecule has 3 nitrogen and oxygen atoms in total. The highest BCUT2D eigenvalue weighted by molar-refractivity contribution is 5.72. The molecule has 0 radical (unpaired) electrons. The van der Waals surface area contributed by atoms with E-state index in [0.29, 0.717) is 18.0 Å². The second kappa shape index (κ2) is 5.40.